The molecule has 0 saturated heterocycles. The van der Waals surface area contributed by atoms with Crippen LogP contribution in [-0.4, -0.2) is 31.1 Å². The number of aromatic nitrogens is 3. The van der Waals surface area contributed by atoms with Gasteiger partial charge in [-0.1, -0.05) is 0 Å². The van der Waals surface area contributed by atoms with E-state index in [9.17, 15) is 5.11 Å². The maximum atomic E-state index is 9.43. The van der Waals surface area contributed by atoms with Crippen molar-refractivity contribution in [2.45, 2.75) is 32.6 Å². The van der Waals surface area contributed by atoms with Crippen LogP contribution in [-0.2, 0) is 6.54 Å². The van der Waals surface area contributed by atoms with Crippen LogP contribution >= 0.6 is 0 Å². The maximum absolute atomic E-state index is 9.43. The van der Waals surface area contributed by atoms with E-state index in [-0.39, 0.29) is 0 Å². The Morgan fingerprint density at radius 2 is 2.25 bits per heavy atom. The number of rotatable bonds is 3. The first-order chi connectivity index (χ1) is 5.66. The zero-order valence-electron chi connectivity index (χ0n) is 7.18. The van der Waals surface area contributed by atoms with Gasteiger partial charge >= 0.3 is 0 Å². The minimum atomic E-state index is -0.951. The van der Waals surface area contributed by atoms with Gasteiger partial charge in [0.05, 0.1) is 6.10 Å². The van der Waals surface area contributed by atoms with Crippen molar-refractivity contribution in [2.24, 2.45) is 0 Å². The molecule has 1 aromatic rings. The van der Waals surface area contributed by atoms with Gasteiger partial charge in [0.15, 0.2) is 5.82 Å². The molecule has 2 atom stereocenters. The van der Waals surface area contributed by atoms with E-state index in [1.807, 2.05) is 6.92 Å². The molecule has 0 aromatic carbocycles. The lowest BCUT2D eigenvalue weighted by atomic mass is 10.2. The van der Waals surface area contributed by atoms with E-state index in [0.29, 0.717) is 12.4 Å². The molecule has 0 radical (unpaired) electrons. The van der Waals surface area contributed by atoms with Crippen LogP contribution in [0, 0.1) is 0 Å². The fraction of sp³-hybridized carbons (Fsp3) is 0.714. The molecule has 5 nitrogen and oxygen atoms in total. The van der Waals surface area contributed by atoms with Gasteiger partial charge in [-0.05, 0) is 13.8 Å². The van der Waals surface area contributed by atoms with Crippen molar-refractivity contribution >= 4 is 0 Å². The summed E-state index contributed by atoms with van der Waals surface area (Å²) in [4.78, 5) is 3.85. The molecule has 0 amide bonds. The van der Waals surface area contributed by atoms with Crippen LogP contribution in [0.3, 0.4) is 0 Å². The quantitative estimate of drug-likeness (QED) is 0.655. The first-order valence-electron chi connectivity index (χ1n) is 3.90. The minimum absolute atomic E-state index is 0.410. The van der Waals surface area contributed by atoms with Crippen molar-refractivity contribution < 1.29 is 10.2 Å². The Labute approximate surface area is 70.7 Å². The number of hydrogen-bond donors (Lipinski definition) is 2. The van der Waals surface area contributed by atoms with Crippen LogP contribution in [0.4, 0.5) is 0 Å². The molecular formula is C7H13N3O2. The summed E-state index contributed by atoms with van der Waals surface area (Å²) in [5.41, 5.74) is 0. The molecule has 0 aliphatic carbocycles. The number of aryl methyl sites for hydroxylation is 1. The minimum Gasteiger partial charge on any atom is -0.390 e. The molecule has 1 heterocycles. The summed E-state index contributed by atoms with van der Waals surface area (Å²) in [7, 11) is 0. The second-order valence-corrected chi connectivity index (χ2v) is 2.62. The number of aliphatic hydroxyl groups excluding tert-OH is 2. The van der Waals surface area contributed by atoms with Crippen LogP contribution in [0.25, 0.3) is 0 Å². The first kappa shape index (κ1) is 9.15. The van der Waals surface area contributed by atoms with Crippen LogP contribution in [0.1, 0.15) is 25.8 Å². The van der Waals surface area contributed by atoms with Gasteiger partial charge in [0.2, 0.25) is 0 Å². The largest absolute Gasteiger partial charge is 0.390 e. The molecule has 0 aliphatic rings. The molecule has 0 fully saturated rings. The Morgan fingerprint density at radius 1 is 1.58 bits per heavy atom. The van der Waals surface area contributed by atoms with E-state index >= 15 is 0 Å². The second-order valence-electron chi connectivity index (χ2n) is 2.62. The van der Waals surface area contributed by atoms with E-state index in [4.69, 9.17) is 5.11 Å². The Morgan fingerprint density at radius 3 is 2.75 bits per heavy atom. The van der Waals surface area contributed by atoms with Gasteiger partial charge in [-0.2, -0.15) is 5.10 Å². The SMILES string of the molecule is CCn1ncnc1C(O)C(C)O. The highest BCUT2D eigenvalue weighted by atomic mass is 16.3. The smallest absolute Gasteiger partial charge is 0.158 e. The molecule has 2 N–H and O–H groups in total. The van der Waals surface area contributed by atoms with Crippen molar-refractivity contribution in [1.82, 2.24) is 14.8 Å². The molecule has 2 unspecified atom stereocenters. The van der Waals surface area contributed by atoms with Crippen molar-refractivity contribution in [3.05, 3.63) is 12.2 Å². The number of hydrogen-bond acceptors (Lipinski definition) is 4. The van der Waals surface area contributed by atoms with Gasteiger partial charge in [0.1, 0.15) is 12.4 Å². The fourth-order valence-electron chi connectivity index (χ4n) is 0.962. The highest BCUT2D eigenvalue weighted by molar-refractivity contribution is 4.92. The lowest BCUT2D eigenvalue weighted by molar-refractivity contribution is 0.0221. The third kappa shape index (κ3) is 1.62. The van der Waals surface area contributed by atoms with Gasteiger partial charge < -0.3 is 10.2 Å². The Bertz CT molecular complexity index is 247. The lowest BCUT2D eigenvalue weighted by Gasteiger charge is -2.12. The predicted octanol–water partition coefficient (Wildman–Crippen LogP) is -0.288. The van der Waals surface area contributed by atoms with Crippen molar-refractivity contribution in [3.63, 3.8) is 0 Å². The standard InChI is InChI=1S/C7H13N3O2/c1-3-10-7(8-4-9-10)6(12)5(2)11/h4-6,11-12H,3H2,1-2H3. The monoisotopic (exact) mass is 171 g/mol. The highest BCUT2D eigenvalue weighted by Gasteiger charge is 2.18. The van der Waals surface area contributed by atoms with E-state index in [1.54, 1.807) is 4.68 Å². The van der Waals surface area contributed by atoms with Crippen LogP contribution in [0.5, 0.6) is 0 Å². The van der Waals surface area contributed by atoms with Crippen molar-refractivity contribution in [2.75, 3.05) is 0 Å². The highest BCUT2D eigenvalue weighted by Crippen LogP contribution is 2.12. The lowest BCUT2D eigenvalue weighted by Crippen LogP contribution is -2.19. The summed E-state index contributed by atoms with van der Waals surface area (Å²) in [6.45, 7) is 4.05. The van der Waals surface area contributed by atoms with Crippen molar-refractivity contribution in [3.8, 4) is 0 Å². The summed E-state index contributed by atoms with van der Waals surface area (Å²) >= 11 is 0. The molecule has 0 spiro atoms. The van der Waals surface area contributed by atoms with Crippen molar-refractivity contribution in [1.29, 1.82) is 0 Å². The molecule has 12 heavy (non-hydrogen) atoms. The maximum Gasteiger partial charge on any atom is 0.158 e. The third-order valence-corrected chi connectivity index (χ3v) is 1.67. The number of aliphatic hydroxyl groups is 2. The van der Waals surface area contributed by atoms with E-state index in [0.717, 1.165) is 0 Å². The van der Waals surface area contributed by atoms with Gasteiger partial charge in [-0.15, -0.1) is 0 Å². The normalized spacial score (nSPS) is 16.0. The Kier molecular flexibility index (Phi) is 2.78. The zero-order valence-corrected chi connectivity index (χ0v) is 7.18. The van der Waals surface area contributed by atoms with Crippen LogP contribution < -0.4 is 0 Å². The first-order valence-corrected chi connectivity index (χ1v) is 3.90. The third-order valence-electron chi connectivity index (χ3n) is 1.67. The van der Waals surface area contributed by atoms with E-state index in [2.05, 4.69) is 10.1 Å². The zero-order chi connectivity index (χ0) is 9.14. The molecule has 1 aromatic heterocycles. The predicted molar refractivity (Wildman–Crippen MR) is 42.3 cm³/mol. The van der Waals surface area contributed by atoms with Gasteiger partial charge in [0.25, 0.3) is 0 Å². The second kappa shape index (κ2) is 3.64. The summed E-state index contributed by atoms with van der Waals surface area (Å²) in [5.74, 6) is 0.410. The average Bonchev–Trinajstić information content (AvgIpc) is 2.49. The topological polar surface area (TPSA) is 71.2 Å². The van der Waals surface area contributed by atoms with Gasteiger partial charge in [-0.3, -0.25) is 0 Å². The molecule has 0 aliphatic heterocycles. The van der Waals surface area contributed by atoms with Gasteiger partial charge in [-0.25, -0.2) is 9.67 Å². The molecule has 68 valence electrons. The molecule has 5 heteroatoms. The van der Waals surface area contributed by atoms with E-state index < -0.39 is 12.2 Å². The molecular weight excluding hydrogens is 158 g/mol. The summed E-state index contributed by atoms with van der Waals surface area (Å²) in [6.07, 6.45) is -0.406. The van der Waals surface area contributed by atoms with Crippen LogP contribution in [0.2, 0.25) is 0 Å². The summed E-state index contributed by atoms with van der Waals surface area (Å²) < 4.78 is 1.55. The number of nitrogens with zero attached hydrogens (tertiary/aromatic N) is 3. The Hall–Kier alpha value is -0.940. The molecule has 0 saturated carbocycles. The van der Waals surface area contributed by atoms with E-state index in [1.165, 1.54) is 13.3 Å². The summed E-state index contributed by atoms with van der Waals surface area (Å²) in [6, 6.07) is 0. The molecule has 0 bridgehead atoms. The van der Waals surface area contributed by atoms with Gasteiger partial charge in [0, 0.05) is 6.54 Å². The molecule has 1 rings (SSSR count). The average molecular weight is 171 g/mol. The Balaban J connectivity index is 2.86. The summed E-state index contributed by atoms with van der Waals surface area (Å²) in [5, 5.41) is 22.4. The fourth-order valence-corrected chi connectivity index (χ4v) is 0.962. The van der Waals surface area contributed by atoms with Crippen LogP contribution in [0.15, 0.2) is 6.33 Å².